The zero-order valence-electron chi connectivity index (χ0n) is 11.2. The summed E-state index contributed by atoms with van der Waals surface area (Å²) in [4.78, 5) is 11.9. The second-order valence-corrected chi connectivity index (χ2v) is 5.05. The van der Waals surface area contributed by atoms with Gasteiger partial charge in [-0.15, -0.1) is 0 Å². The molecule has 0 spiro atoms. The number of rotatable bonds is 3. The van der Waals surface area contributed by atoms with Gasteiger partial charge in [-0.25, -0.2) is 0 Å². The van der Waals surface area contributed by atoms with E-state index < -0.39 is 6.10 Å². The molecule has 1 atom stereocenters. The highest BCUT2D eigenvalue weighted by atomic mass is 16.5. The maximum Gasteiger partial charge on any atom is 0.253 e. The predicted octanol–water partition coefficient (Wildman–Crippen LogP) is 2.70. The summed E-state index contributed by atoms with van der Waals surface area (Å²) >= 11 is 0. The van der Waals surface area contributed by atoms with Gasteiger partial charge >= 0.3 is 0 Å². The summed E-state index contributed by atoms with van der Waals surface area (Å²) in [7, 11) is 0. The van der Waals surface area contributed by atoms with Gasteiger partial charge < -0.3 is 10.1 Å². The average molecular weight is 246 g/mol. The van der Waals surface area contributed by atoms with Crippen LogP contribution >= 0.6 is 0 Å². The third-order valence-electron chi connectivity index (χ3n) is 2.16. The van der Waals surface area contributed by atoms with Crippen LogP contribution in [-0.4, -0.2) is 17.6 Å². The molecule has 0 saturated heterocycles. The average Bonchev–Trinajstić information content (AvgIpc) is 2.27. The number of ether oxygens (including phenoxy) is 1. The van der Waals surface area contributed by atoms with Crippen molar-refractivity contribution in [2.75, 3.05) is 5.32 Å². The standard InChI is InChI=1S/C14H18N2O2/c1-10(18-14(2,3)4)13(17)16-12-7-5-6-11(8-12)9-15/h5-8,10H,1-4H3,(H,16,17). The van der Waals surface area contributed by atoms with Crippen LogP contribution in [0.15, 0.2) is 24.3 Å². The molecule has 4 heteroatoms. The molecule has 0 aromatic heterocycles. The molecule has 0 radical (unpaired) electrons. The first kappa shape index (κ1) is 14.2. The number of amides is 1. The Kier molecular flexibility index (Phi) is 4.46. The Hall–Kier alpha value is -1.86. The molecule has 0 heterocycles. The minimum Gasteiger partial charge on any atom is -0.363 e. The number of hydrogen-bond acceptors (Lipinski definition) is 3. The third kappa shape index (κ3) is 4.56. The van der Waals surface area contributed by atoms with Crippen LogP contribution in [0, 0.1) is 11.3 Å². The number of anilines is 1. The summed E-state index contributed by atoms with van der Waals surface area (Å²) in [6.45, 7) is 7.39. The maximum absolute atomic E-state index is 11.9. The highest BCUT2D eigenvalue weighted by Gasteiger charge is 2.21. The zero-order chi connectivity index (χ0) is 13.8. The smallest absolute Gasteiger partial charge is 0.253 e. The quantitative estimate of drug-likeness (QED) is 0.891. The lowest BCUT2D eigenvalue weighted by Crippen LogP contribution is -2.34. The second-order valence-electron chi connectivity index (χ2n) is 5.05. The van der Waals surface area contributed by atoms with Gasteiger partial charge in [-0.05, 0) is 45.9 Å². The summed E-state index contributed by atoms with van der Waals surface area (Å²) in [6.07, 6.45) is -0.546. The van der Waals surface area contributed by atoms with Crippen LogP contribution in [0.3, 0.4) is 0 Å². The Bertz CT molecular complexity index is 469. The lowest BCUT2D eigenvalue weighted by Gasteiger charge is -2.24. The van der Waals surface area contributed by atoms with Gasteiger partial charge in [0.2, 0.25) is 0 Å². The molecule has 1 unspecified atom stereocenters. The fraction of sp³-hybridized carbons (Fsp3) is 0.429. The van der Waals surface area contributed by atoms with Crippen LogP contribution in [0.25, 0.3) is 0 Å². The lowest BCUT2D eigenvalue weighted by molar-refractivity contribution is -0.135. The Morgan fingerprint density at radius 1 is 1.44 bits per heavy atom. The Morgan fingerprint density at radius 2 is 2.11 bits per heavy atom. The summed E-state index contributed by atoms with van der Waals surface area (Å²) in [6, 6.07) is 8.80. The van der Waals surface area contributed by atoms with E-state index in [-0.39, 0.29) is 11.5 Å². The number of nitriles is 1. The van der Waals surface area contributed by atoms with Crippen LogP contribution in [0.5, 0.6) is 0 Å². The molecular formula is C14H18N2O2. The molecule has 1 aromatic carbocycles. The largest absolute Gasteiger partial charge is 0.363 e. The minimum atomic E-state index is -0.546. The van der Waals surface area contributed by atoms with Crippen molar-refractivity contribution in [1.29, 1.82) is 5.26 Å². The van der Waals surface area contributed by atoms with Crippen LogP contribution in [0.2, 0.25) is 0 Å². The van der Waals surface area contributed by atoms with E-state index in [0.717, 1.165) is 0 Å². The van der Waals surface area contributed by atoms with E-state index in [1.807, 2.05) is 26.8 Å². The van der Waals surface area contributed by atoms with Crippen molar-refractivity contribution in [3.8, 4) is 6.07 Å². The van der Waals surface area contributed by atoms with Crippen LogP contribution in [0.1, 0.15) is 33.3 Å². The number of nitrogens with zero attached hydrogens (tertiary/aromatic N) is 1. The molecule has 0 saturated carbocycles. The molecule has 0 bridgehead atoms. The number of carbonyl (C=O) groups is 1. The normalized spacial score (nSPS) is 12.6. The van der Waals surface area contributed by atoms with Crippen molar-refractivity contribution < 1.29 is 9.53 Å². The van der Waals surface area contributed by atoms with Gasteiger partial charge in [0.05, 0.1) is 17.2 Å². The summed E-state index contributed by atoms with van der Waals surface area (Å²) < 4.78 is 5.55. The topological polar surface area (TPSA) is 62.1 Å². The van der Waals surface area contributed by atoms with Gasteiger partial charge in [-0.1, -0.05) is 6.07 Å². The molecule has 1 N–H and O–H groups in total. The molecular weight excluding hydrogens is 228 g/mol. The van der Waals surface area contributed by atoms with Crippen LogP contribution < -0.4 is 5.32 Å². The molecule has 0 fully saturated rings. The van der Waals surface area contributed by atoms with Crippen molar-refractivity contribution in [2.45, 2.75) is 39.4 Å². The Labute approximate surface area is 108 Å². The van der Waals surface area contributed by atoms with Crippen LogP contribution in [0.4, 0.5) is 5.69 Å². The van der Waals surface area contributed by atoms with Gasteiger partial charge in [0, 0.05) is 5.69 Å². The van der Waals surface area contributed by atoms with E-state index in [0.29, 0.717) is 11.3 Å². The van der Waals surface area contributed by atoms with E-state index in [2.05, 4.69) is 5.32 Å². The number of carbonyl (C=O) groups excluding carboxylic acids is 1. The predicted molar refractivity (Wildman–Crippen MR) is 70.1 cm³/mol. The monoisotopic (exact) mass is 246 g/mol. The van der Waals surface area contributed by atoms with Gasteiger partial charge in [-0.2, -0.15) is 5.26 Å². The zero-order valence-corrected chi connectivity index (χ0v) is 11.2. The van der Waals surface area contributed by atoms with Gasteiger partial charge in [-0.3, -0.25) is 4.79 Å². The maximum atomic E-state index is 11.9. The van der Waals surface area contributed by atoms with Crippen molar-refractivity contribution in [3.63, 3.8) is 0 Å². The first-order valence-corrected chi connectivity index (χ1v) is 5.80. The summed E-state index contributed by atoms with van der Waals surface area (Å²) in [5, 5.41) is 11.5. The number of benzene rings is 1. The van der Waals surface area contributed by atoms with E-state index in [4.69, 9.17) is 10.00 Å². The molecule has 0 aliphatic heterocycles. The van der Waals surface area contributed by atoms with Crippen molar-refractivity contribution in [1.82, 2.24) is 0 Å². The second kappa shape index (κ2) is 5.65. The van der Waals surface area contributed by atoms with E-state index in [1.54, 1.807) is 31.2 Å². The molecule has 1 amide bonds. The molecule has 1 aromatic rings. The first-order valence-electron chi connectivity index (χ1n) is 5.80. The van der Waals surface area contributed by atoms with E-state index >= 15 is 0 Å². The fourth-order valence-electron chi connectivity index (χ4n) is 1.49. The highest BCUT2D eigenvalue weighted by molar-refractivity contribution is 5.94. The molecule has 0 aliphatic carbocycles. The summed E-state index contributed by atoms with van der Waals surface area (Å²) in [5.74, 6) is -0.222. The number of nitrogens with one attached hydrogen (secondary N) is 1. The van der Waals surface area contributed by atoms with Crippen molar-refractivity contribution in [3.05, 3.63) is 29.8 Å². The minimum absolute atomic E-state index is 0.222. The molecule has 1 rings (SSSR count). The SMILES string of the molecule is CC(OC(C)(C)C)C(=O)Nc1cccc(C#N)c1. The lowest BCUT2D eigenvalue weighted by atomic mass is 10.2. The Morgan fingerprint density at radius 3 is 2.67 bits per heavy atom. The first-order chi connectivity index (χ1) is 8.31. The number of hydrogen-bond donors (Lipinski definition) is 1. The van der Waals surface area contributed by atoms with Gasteiger partial charge in [0.15, 0.2) is 0 Å². The van der Waals surface area contributed by atoms with E-state index in [9.17, 15) is 4.79 Å². The highest BCUT2D eigenvalue weighted by Crippen LogP contribution is 2.14. The molecule has 18 heavy (non-hydrogen) atoms. The van der Waals surface area contributed by atoms with Gasteiger partial charge in [0.25, 0.3) is 5.91 Å². The summed E-state index contributed by atoms with van der Waals surface area (Å²) in [5.41, 5.74) is 0.742. The molecule has 96 valence electrons. The van der Waals surface area contributed by atoms with Crippen molar-refractivity contribution >= 4 is 11.6 Å². The third-order valence-corrected chi connectivity index (χ3v) is 2.16. The van der Waals surface area contributed by atoms with Gasteiger partial charge in [0.1, 0.15) is 6.10 Å². The Balaban J connectivity index is 2.67. The van der Waals surface area contributed by atoms with E-state index in [1.165, 1.54) is 0 Å². The molecule has 0 aliphatic rings. The molecule has 4 nitrogen and oxygen atoms in total. The fourth-order valence-corrected chi connectivity index (χ4v) is 1.49. The van der Waals surface area contributed by atoms with Crippen molar-refractivity contribution in [2.24, 2.45) is 0 Å². The van der Waals surface area contributed by atoms with Crippen LogP contribution in [-0.2, 0) is 9.53 Å².